The van der Waals surface area contributed by atoms with E-state index in [0.717, 1.165) is 39.5 Å². The number of halogens is 3. The summed E-state index contributed by atoms with van der Waals surface area (Å²) in [6, 6.07) is 11.4. The minimum absolute atomic E-state index is 0.0665. The smallest absolute Gasteiger partial charge is 0.419 e. The normalized spacial score (nSPS) is 11.2. The summed E-state index contributed by atoms with van der Waals surface area (Å²) in [6.45, 7) is 0. The highest BCUT2D eigenvalue weighted by Gasteiger charge is 2.36. The fourth-order valence-electron chi connectivity index (χ4n) is 3.03. The Morgan fingerprint density at radius 1 is 0.935 bits per heavy atom. The second kappa shape index (κ2) is 8.50. The second-order valence-electron chi connectivity index (χ2n) is 6.22. The van der Waals surface area contributed by atoms with Crippen molar-refractivity contribution in [2.24, 2.45) is 0 Å². The van der Waals surface area contributed by atoms with E-state index in [1.54, 1.807) is 30.3 Å². The molecule has 0 atom stereocenters. The summed E-state index contributed by atoms with van der Waals surface area (Å²) in [5.41, 5.74) is -0.991. The molecule has 1 aromatic heterocycles. The Bertz CT molecular complexity index is 1120. The van der Waals surface area contributed by atoms with E-state index in [1.807, 2.05) is 0 Å². The predicted molar refractivity (Wildman–Crippen MR) is 103 cm³/mol. The summed E-state index contributed by atoms with van der Waals surface area (Å²) in [7, 11) is 3.34. The molecular formula is C21H17F3N2O5. The van der Waals surface area contributed by atoms with Crippen LogP contribution in [-0.4, -0.2) is 43.0 Å². The Labute approximate surface area is 175 Å². The number of para-hydroxylation sites is 1. The number of alkyl halides is 3. The predicted octanol–water partition coefficient (Wildman–Crippen LogP) is 4.14. The van der Waals surface area contributed by atoms with Gasteiger partial charge < -0.3 is 14.2 Å². The summed E-state index contributed by atoms with van der Waals surface area (Å²) in [5, 5.41) is 4.33. The third kappa shape index (κ3) is 4.09. The SMILES string of the molecule is COC(=O)c1c(-c2ccc(C(F)(F)F)c(OC)c2)nn(-c2ccccc2)c1C(=O)OC. The summed E-state index contributed by atoms with van der Waals surface area (Å²) < 4.78 is 55.4. The molecule has 3 rings (SSSR count). The first-order valence-electron chi connectivity index (χ1n) is 8.83. The van der Waals surface area contributed by atoms with Gasteiger partial charge in [-0.05, 0) is 24.3 Å². The molecule has 10 heteroatoms. The summed E-state index contributed by atoms with van der Waals surface area (Å²) in [4.78, 5) is 25.1. The van der Waals surface area contributed by atoms with Gasteiger partial charge in [0.15, 0.2) is 5.69 Å². The second-order valence-corrected chi connectivity index (χ2v) is 6.22. The van der Waals surface area contributed by atoms with Crippen LogP contribution in [0.25, 0.3) is 16.9 Å². The number of nitrogens with zero attached hydrogens (tertiary/aromatic N) is 2. The Hall–Kier alpha value is -3.82. The maximum Gasteiger partial charge on any atom is 0.419 e. The Balaban J connectivity index is 2.34. The molecule has 0 bridgehead atoms. The van der Waals surface area contributed by atoms with Crippen LogP contribution in [0.3, 0.4) is 0 Å². The van der Waals surface area contributed by atoms with Crippen molar-refractivity contribution in [1.29, 1.82) is 0 Å². The van der Waals surface area contributed by atoms with Crippen molar-refractivity contribution in [3.05, 3.63) is 65.4 Å². The molecule has 0 unspecified atom stereocenters. The van der Waals surface area contributed by atoms with Crippen LogP contribution < -0.4 is 4.74 Å². The van der Waals surface area contributed by atoms with Crippen LogP contribution in [-0.2, 0) is 15.7 Å². The van der Waals surface area contributed by atoms with Gasteiger partial charge in [0, 0.05) is 5.56 Å². The average molecular weight is 434 g/mol. The molecule has 0 saturated heterocycles. The van der Waals surface area contributed by atoms with E-state index in [0.29, 0.717) is 5.69 Å². The first-order chi connectivity index (χ1) is 14.7. The van der Waals surface area contributed by atoms with Gasteiger partial charge in [-0.3, -0.25) is 0 Å². The van der Waals surface area contributed by atoms with Crippen LogP contribution in [0.1, 0.15) is 26.4 Å². The van der Waals surface area contributed by atoms with Crippen molar-refractivity contribution in [2.45, 2.75) is 6.18 Å². The molecule has 0 aliphatic carbocycles. The van der Waals surface area contributed by atoms with Crippen molar-refractivity contribution in [3.8, 4) is 22.7 Å². The number of ether oxygens (including phenoxy) is 3. The van der Waals surface area contributed by atoms with E-state index >= 15 is 0 Å². The molecule has 0 radical (unpaired) electrons. The highest BCUT2D eigenvalue weighted by Crippen LogP contribution is 2.39. The standard InChI is InChI=1S/C21H17F3N2O5/c1-29-15-11-12(9-10-14(15)21(22,23)24)17-16(19(27)30-2)18(20(28)31-3)26(25-17)13-7-5-4-6-8-13/h4-11H,1-3H3. The van der Waals surface area contributed by atoms with Gasteiger partial charge in [-0.2, -0.15) is 18.3 Å². The molecule has 0 amide bonds. The third-order valence-electron chi connectivity index (χ3n) is 4.43. The maximum absolute atomic E-state index is 13.2. The van der Waals surface area contributed by atoms with Gasteiger partial charge in [-0.1, -0.05) is 24.3 Å². The van der Waals surface area contributed by atoms with Crippen LogP contribution in [0.15, 0.2) is 48.5 Å². The fourth-order valence-corrected chi connectivity index (χ4v) is 3.03. The number of hydrogen-bond acceptors (Lipinski definition) is 6. The first-order valence-corrected chi connectivity index (χ1v) is 8.83. The number of aromatic nitrogens is 2. The Morgan fingerprint density at radius 3 is 2.13 bits per heavy atom. The lowest BCUT2D eigenvalue weighted by molar-refractivity contribution is -0.138. The number of hydrogen-bond donors (Lipinski definition) is 0. The van der Waals surface area contributed by atoms with Gasteiger partial charge in [-0.25, -0.2) is 14.3 Å². The lowest BCUT2D eigenvalue weighted by Gasteiger charge is -2.13. The number of carbonyl (C=O) groups excluding carboxylic acids is 2. The summed E-state index contributed by atoms with van der Waals surface area (Å²) in [5.74, 6) is -2.24. The molecule has 7 nitrogen and oxygen atoms in total. The molecule has 0 spiro atoms. The number of methoxy groups -OCH3 is 3. The van der Waals surface area contributed by atoms with Gasteiger partial charge in [0.25, 0.3) is 0 Å². The third-order valence-corrected chi connectivity index (χ3v) is 4.43. The van der Waals surface area contributed by atoms with Crippen LogP contribution in [0.4, 0.5) is 13.2 Å². The van der Waals surface area contributed by atoms with Gasteiger partial charge in [-0.15, -0.1) is 0 Å². The van der Waals surface area contributed by atoms with E-state index in [4.69, 9.17) is 14.2 Å². The molecule has 2 aromatic carbocycles. The maximum atomic E-state index is 13.2. The van der Waals surface area contributed by atoms with E-state index < -0.39 is 29.4 Å². The Morgan fingerprint density at radius 2 is 1.58 bits per heavy atom. The van der Waals surface area contributed by atoms with E-state index in [9.17, 15) is 22.8 Å². The van der Waals surface area contributed by atoms with Gasteiger partial charge in [0.05, 0.1) is 32.6 Å². The average Bonchev–Trinajstić information content (AvgIpc) is 3.18. The number of carbonyl (C=O) groups is 2. The zero-order chi connectivity index (χ0) is 22.8. The molecule has 0 N–H and O–H groups in total. The van der Waals surface area contributed by atoms with Crippen LogP contribution in [0.5, 0.6) is 5.75 Å². The quantitative estimate of drug-likeness (QED) is 0.562. The minimum atomic E-state index is -4.64. The zero-order valence-corrected chi connectivity index (χ0v) is 16.7. The van der Waals surface area contributed by atoms with Crippen LogP contribution in [0, 0.1) is 0 Å². The van der Waals surface area contributed by atoms with Crippen LogP contribution in [0.2, 0.25) is 0 Å². The van der Waals surface area contributed by atoms with Crippen molar-refractivity contribution in [3.63, 3.8) is 0 Å². The topological polar surface area (TPSA) is 79.7 Å². The minimum Gasteiger partial charge on any atom is -0.496 e. The molecular weight excluding hydrogens is 417 g/mol. The van der Waals surface area contributed by atoms with Crippen LogP contribution >= 0.6 is 0 Å². The number of benzene rings is 2. The molecule has 0 saturated carbocycles. The molecule has 0 aliphatic rings. The van der Waals surface area contributed by atoms with Crippen molar-refractivity contribution < 1.29 is 37.0 Å². The monoisotopic (exact) mass is 434 g/mol. The number of rotatable bonds is 5. The van der Waals surface area contributed by atoms with E-state index in [-0.39, 0.29) is 22.5 Å². The first kappa shape index (κ1) is 21.9. The number of esters is 2. The summed E-state index contributed by atoms with van der Waals surface area (Å²) >= 11 is 0. The molecule has 3 aromatic rings. The van der Waals surface area contributed by atoms with E-state index in [1.165, 1.54) is 4.68 Å². The highest BCUT2D eigenvalue weighted by molar-refractivity contribution is 6.06. The van der Waals surface area contributed by atoms with Gasteiger partial charge in [0.2, 0.25) is 0 Å². The van der Waals surface area contributed by atoms with E-state index in [2.05, 4.69) is 5.10 Å². The fraction of sp³-hybridized carbons (Fsp3) is 0.190. The van der Waals surface area contributed by atoms with Gasteiger partial charge in [0.1, 0.15) is 17.0 Å². The zero-order valence-electron chi connectivity index (χ0n) is 16.7. The largest absolute Gasteiger partial charge is 0.496 e. The van der Waals surface area contributed by atoms with Crippen molar-refractivity contribution >= 4 is 11.9 Å². The molecule has 31 heavy (non-hydrogen) atoms. The lowest BCUT2D eigenvalue weighted by atomic mass is 10.0. The summed E-state index contributed by atoms with van der Waals surface area (Å²) in [6.07, 6.45) is -4.64. The van der Waals surface area contributed by atoms with Crippen molar-refractivity contribution in [2.75, 3.05) is 21.3 Å². The van der Waals surface area contributed by atoms with Gasteiger partial charge >= 0.3 is 18.1 Å². The Kier molecular flexibility index (Phi) is 6.00. The molecule has 1 heterocycles. The van der Waals surface area contributed by atoms with Crippen molar-refractivity contribution in [1.82, 2.24) is 9.78 Å². The molecule has 0 fully saturated rings. The molecule has 162 valence electrons. The lowest BCUT2D eigenvalue weighted by Crippen LogP contribution is -2.15. The molecule has 0 aliphatic heterocycles. The highest BCUT2D eigenvalue weighted by atomic mass is 19.4.